The maximum Gasteiger partial charge on any atom is 0.419 e. The van der Waals surface area contributed by atoms with Gasteiger partial charge in [-0.15, -0.1) is 0 Å². The Kier molecular flexibility index (Phi) is 7.32. The van der Waals surface area contributed by atoms with E-state index in [9.17, 15) is 22.8 Å². The van der Waals surface area contributed by atoms with Gasteiger partial charge in [-0.25, -0.2) is 9.78 Å². The average Bonchev–Trinajstić information content (AvgIpc) is 2.98. The first kappa shape index (κ1) is 24.2. The minimum absolute atomic E-state index is 0.0491. The van der Waals surface area contributed by atoms with Crippen LogP contribution >= 0.6 is 15.9 Å². The lowest BCUT2D eigenvalue weighted by atomic mass is 10.00. The maximum absolute atomic E-state index is 12.3. The van der Waals surface area contributed by atoms with E-state index >= 15 is 0 Å². The summed E-state index contributed by atoms with van der Waals surface area (Å²) in [4.78, 5) is 28.5. The second-order valence-electron chi connectivity index (χ2n) is 6.93. The molecule has 3 rings (SSSR count). The third-order valence-electron chi connectivity index (χ3n) is 4.36. The average molecular weight is 501 g/mol. The molecule has 1 aromatic carbocycles. The van der Waals surface area contributed by atoms with Gasteiger partial charge in [0.05, 0.1) is 11.3 Å². The fraction of sp³-hybridized carbons (Fsp3) is 0.250. The molecule has 11 heteroatoms. The monoisotopic (exact) mass is 500 g/mol. The third kappa shape index (κ3) is 5.75. The summed E-state index contributed by atoms with van der Waals surface area (Å²) < 4.78 is 36.3. The minimum atomic E-state index is -4.63. The number of aromatic amines is 1. The SMILES string of the molecule is CC(C)C(=O)Cc1c(N)[nH]c2ccccc12.Nc1cc(C(F)(F)F)c(Br)nc1C(=O)O. The Labute approximate surface area is 183 Å². The lowest BCUT2D eigenvalue weighted by molar-refractivity contribution is -0.138. The van der Waals surface area contributed by atoms with E-state index in [0.717, 1.165) is 16.5 Å². The first-order chi connectivity index (χ1) is 14.3. The molecule has 0 saturated carbocycles. The normalized spacial score (nSPS) is 11.3. The molecule has 0 aliphatic heterocycles. The molecule has 0 radical (unpaired) electrons. The molecule has 2 heterocycles. The van der Waals surface area contributed by atoms with Gasteiger partial charge in [0, 0.05) is 28.8 Å². The van der Waals surface area contributed by atoms with E-state index < -0.39 is 33.7 Å². The number of hydrogen-bond donors (Lipinski definition) is 4. The number of Topliss-reactive ketones (excluding diaryl/α,β-unsaturated/α-hetero) is 1. The summed E-state index contributed by atoms with van der Waals surface area (Å²) in [5.41, 5.74) is 10.7. The molecule has 3 aromatic rings. The molecule has 7 nitrogen and oxygen atoms in total. The Morgan fingerprint density at radius 1 is 1.23 bits per heavy atom. The molecule has 2 aromatic heterocycles. The van der Waals surface area contributed by atoms with Crippen LogP contribution in [0, 0.1) is 5.92 Å². The molecule has 0 bridgehead atoms. The number of para-hydroxylation sites is 1. The van der Waals surface area contributed by atoms with Crippen molar-refractivity contribution < 1.29 is 27.9 Å². The number of carboxylic acid groups (broad SMARTS) is 1. The second kappa shape index (κ2) is 9.38. The van der Waals surface area contributed by atoms with E-state index in [2.05, 4.69) is 25.9 Å². The minimum Gasteiger partial charge on any atom is -0.476 e. The summed E-state index contributed by atoms with van der Waals surface area (Å²) in [6.07, 6.45) is -4.22. The van der Waals surface area contributed by atoms with Crippen LogP contribution in [0.25, 0.3) is 10.9 Å². The van der Waals surface area contributed by atoms with Crippen LogP contribution in [0.1, 0.15) is 35.5 Å². The molecule has 0 aliphatic rings. The smallest absolute Gasteiger partial charge is 0.419 e. The van der Waals surface area contributed by atoms with Crippen LogP contribution in [-0.4, -0.2) is 26.8 Å². The Bertz CT molecular complexity index is 1130. The van der Waals surface area contributed by atoms with Crippen LogP contribution in [0.3, 0.4) is 0 Å². The number of rotatable bonds is 4. The molecular weight excluding hydrogens is 481 g/mol. The Balaban J connectivity index is 0.000000221. The first-order valence-electron chi connectivity index (χ1n) is 8.97. The number of carboxylic acids is 1. The van der Waals surface area contributed by atoms with Crippen molar-refractivity contribution in [2.24, 2.45) is 5.92 Å². The van der Waals surface area contributed by atoms with Gasteiger partial charge in [-0.2, -0.15) is 13.2 Å². The highest BCUT2D eigenvalue weighted by Crippen LogP contribution is 2.35. The number of nitrogen functional groups attached to an aromatic ring is 2. The van der Waals surface area contributed by atoms with Crippen LogP contribution in [-0.2, 0) is 17.4 Å². The number of ketones is 1. The number of fused-ring (bicyclic) bond motifs is 1. The van der Waals surface area contributed by atoms with E-state index in [1.807, 2.05) is 38.1 Å². The number of pyridine rings is 1. The number of carbonyl (C=O) groups excluding carboxylic acids is 1. The van der Waals surface area contributed by atoms with Gasteiger partial charge in [0.25, 0.3) is 0 Å². The van der Waals surface area contributed by atoms with E-state index in [1.54, 1.807) is 0 Å². The summed E-state index contributed by atoms with van der Waals surface area (Å²) in [6.45, 7) is 3.82. The highest BCUT2D eigenvalue weighted by Gasteiger charge is 2.35. The van der Waals surface area contributed by atoms with E-state index in [1.165, 1.54) is 0 Å². The van der Waals surface area contributed by atoms with Crippen LogP contribution < -0.4 is 11.5 Å². The fourth-order valence-corrected chi connectivity index (χ4v) is 3.18. The largest absolute Gasteiger partial charge is 0.476 e. The van der Waals surface area contributed by atoms with Crippen molar-refractivity contribution in [2.45, 2.75) is 26.4 Å². The highest BCUT2D eigenvalue weighted by molar-refractivity contribution is 9.10. The van der Waals surface area contributed by atoms with Gasteiger partial charge in [0.1, 0.15) is 16.2 Å². The Morgan fingerprint density at radius 3 is 2.39 bits per heavy atom. The van der Waals surface area contributed by atoms with Crippen molar-refractivity contribution >= 4 is 50.1 Å². The number of anilines is 2. The third-order valence-corrected chi connectivity index (χ3v) is 4.96. The number of nitrogens with two attached hydrogens (primary N) is 2. The van der Waals surface area contributed by atoms with Crippen LogP contribution in [0.15, 0.2) is 34.9 Å². The van der Waals surface area contributed by atoms with Crippen LogP contribution in [0.2, 0.25) is 0 Å². The van der Waals surface area contributed by atoms with E-state index in [4.69, 9.17) is 16.6 Å². The molecule has 0 amide bonds. The summed E-state index contributed by atoms with van der Waals surface area (Å²) >= 11 is 2.54. The fourth-order valence-electron chi connectivity index (χ4n) is 2.67. The molecule has 166 valence electrons. The van der Waals surface area contributed by atoms with Crippen molar-refractivity contribution in [2.75, 3.05) is 11.5 Å². The number of hydrogen-bond acceptors (Lipinski definition) is 5. The lowest BCUT2D eigenvalue weighted by Crippen LogP contribution is -2.12. The molecule has 0 unspecified atom stereocenters. The molecule has 0 spiro atoms. The van der Waals surface area contributed by atoms with Gasteiger partial charge in [0.15, 0.2) is 5.69 Å². The molecule has 0 saturated heterocycles. The first-order valence-corrected chi connectivity index (χ1v) is 9.76. The molecule has 0 fully saturated rings. The van der Waals surface area contributed by atoms with Gasteiger partial charge in [0.2, 0.25) is 0 Å². The predicted octanol–water partition coefficient (Wildman–Crippen LogP) is 4.66. The zero-order chi connectivity index (χ0) is 23.5. The maximum atomic E-state index is 12.3. The summed E-state index contributed by atoms with van der Waals surface area (Å²) in [7, 11) is 0. The van der Waals surface area contributed by atoms with E-state index in [-0.39, 0.29) is 11.7 Å². The zero-order valence-corrected chi connectivity index (χ0v) is 18.1. The number of carbonyl (C=O) groups is 2. The number of halogens is 4. The molecule has 6 N–H and O–H groups in total. The lowest BCUT2D eigenvalue weighted by Gasteiger charge is -2.10. The number of nitrogens with one attached hydrogen (secondary N) is 1. The molecular formula is C20H20BrF3N4O3. The number of benzene rings is 1. The van der Waals surface area contributed by atoms with Crippen molar-refractivity contribution in [3.8, 4) is 0 Å². The molecule has 0 aliphatic carbocycles. The van der Waals surface area contributed by atoms with Crippen LogP contribution in [0.4, 0.5) is 24.7 Å². The highest BCUT2D eigenvalue weighted by atomic mass is 79.9. The standard InChI is InChI=1S/C13H16N2O.C7H4BrF3N2O2/c1-8(2)12(16)7-10-9-5-3-4-6-11(9)15-13(10)14;8-5-2(7(9,10)11)1-3(12)4(13-5)6(14)15/h3-6,8,15H,7,14H2,1-2H3;1H,12H2,(H,14,15). The van der Waals surface area contributed by atoms with Crippen LogP contribution in [0.5, 0.6) is 0 Å². The number of aromatic carboxylic acids is 1. The number of H-pyrrole nitrogens is 1. The van der Waals surface area contributed by atoms with E-state index in [0.29, 0.717) is 18.3 Å². The topological polar surface area (TPSA) is 135 Å². The van der Waals surface area contributed by atoms with Gasteiger partial charge in [-0.05, 0) is 28.1 Å². The summed E-state index contributed by atoms with van der Waals surface area (Å²) in [5, 5.41) is 9.59. The Morgan fingerprint density at radius 2 is 1.84 bits per heavy atom. The van der Waals surface area contributed by atoms with Gasteiger partial charge in [-0.1, -0.05) is 32.0 Å². The van der Waals surface area contributed by atoms with Gasteiger partial charge >= 0.3 is 12.1 Å². The van der Waals surface area contributed by atoms with Crippen molar-refractivity contribution in [1.29, 1.82) is 0 Å². The van der Waals surface area contributed by atoms with Crippen molar-refractivity contribution in [3.63, 3.8) is 0 Å². The number of aromatic nitrogens is 2. The summed E-state index contributed by atoms with van der Waals surface area (Å²) in [5.74, 6) is -0.610. The summed E-state index contributed by atoms with van der Waals surface area (Å²) in [6, 6.07) is 8.39. The van der Waals surface area contributed by atoms with Crippen molar-refractivity contribution in [3.05, 3.63) is 51.8 Å². The Hall–Kier alpha value is -3.08. The van der Waals surface area contributed by atoms with Gasteiger partial charge < -0.3 is 21.6 Å². The zero-order valence-electron chi connectivity index (χ0n) is 16.5. The predicted molar refractivity (Wildman–Crippen MR) is 115 cm³/mol. The second-order valence-corrected chi connectivity index (χ2v) is 7.68. The number of alkyl halides is 3. The quantitative estimate of drug-likeness (QED) is 0.384. The van der Waals surface area contributed by atoms with Crippen molar-refractivity contribution in [1.82, 2.24) is 9.97 Å². The van der Waals surface area contributed by atoms with Gasteiger partial charge in [-0.3, -0.25) is 4.79 Å². The molecule has 31 heavy (non-hydrogen) atoms. The number of nitrogens with zero attached hydrogens (tertiary/aromatic N) is 1. The molecule has 0 atom stereocenters.